The first-order valence-electron chi connectivity index (χ1n) is 8.85. The van der Waals surface area contributed by atoms with E-state index < -0.39 is 5.97 Å². The minimum atomic E-state index is -0.470. The summed E-state index contributed by atoms with van der Waals surface area (Å²) in [5.41, 5.74) is 2.38. The maximum Gasteiger partial charge on any atom is 0.358 e. The monoisotopic (exact) mass is 379 g/mol. The van der Waals surface area contributed by atoms with Crippen LogP contribution >= 0.6 is 0 Å². The van der Waals surface area contributed by atoms with Gasteiger partial charge in [-0.25, -0.2) is 9.48 Å². The maximum absolute atomic E-state index is 12.4. The number of benzene rings is 2. The molecule has 0 saturated heterocycles. The lowest BCUT2D eigenvalue weighted by atomic mass is 10.1. The van der Waals surface area contributed by atoms with Crippen LogP contribution in [-0.2, 0) is 16.0 Å². The Hall–Kier alpha value is -3.61. The average molecular weight is 379 g/mol. The van der Waals surface area contributed by atoms with Crippen molar-refractivity contribution in [2.24, 2.45) is 0 Å². The topological polar surface area (TPSA) is 82.5 Å². The summed E-state index contributed by atoms with van der Waals surface area (Å²) in [6, 6.07) is 16.2. The molecule has 7 heteroatoms. The predicted octanol–water partition coefficient (Wildman–Crippen LogP) is 3.24. The highest BCUT2D eigenvalue weighted by Gasteiger charge is 2.12. The van der Waals surface area contributed by atoms with Crippen LogP contribution in [0.15, 0.2) is 60.8 Å². The van der Waals surface area contributed by atoms with Crippen molar-refractivity contribution >= 4 is 17.6 Å². The zero-order chi connectivity index (χ0) is 19.9. The summed E-state index contributed by atoms with van der Waals surface area (Å²) in [6.45, 7) is 2.03. The molecule has 2 aromatic carbocycles. The lowest BCUT2D eigenvalue weighted by molar-refractivity contribution is -0.115. The van der Waals surface area contributed by atoms with E-state index in [4.69, 9.17) is 9.47 Å². The second-order valence-corrected chi connectivity index (χ2v) is 5.95. The first kappa shape index (κ1) is 19.2. The number of hydrogen-bond acceptors (Lipinski definition) is 5. The highest BCUT2D eigenvalue weighted by molar-refractivity contribution is 5.93. The van der Waals surface area contributed by atoms with Gasteiger partial charge in [-0.3, -0.25) is 4.79 Å². The molecule has 0 bridgehead atoms. The second-order valence-electron chi connectivity index (χ2n) is 5.95. The summed E-state index contributed by atoms with van der Waals surface area (Å²) in [4.78, 5) is 24.2. The molecule has 28 heavy (non-hydrogen) atoms. The highest BCUT2D eigenvalue weighted by atomic mass is 16.5. The smallest absolute Gasteiger partial charge is 0.358 e. The zero-order valence-electron chi connectivity index (χ0n) is 15.7. The Morgan fingerprint density at radius 3 is 2.71 bits per heavy atom. The number of rotatable bonds is 7. The number of amides is 1. The SMILES string of the molecule is CCOC(=O)c1ccn(-c2cccc(NC(=O)Cc3ccccc3OC)c2)n1. The Balaban J connectivity index is 1.71. The molecule has 0 radical (unpaired) electrons. The fraction of sp³-hybridized carbons (Fsp3) is 0.190. The number of nitrogens with one attached hydrogen (secondary N) is 1. The van der Waals surface area contributed by atoms with E-state index in [2.05, 4.69) is 10.4 Å². The number of para-hydroxylation sites is 1. The van der Waals surface area contributed by atoms with Crippen LogP contribution in [0.4, 0.5) is 5.69 Å². The summed E-state index contributed by atoms with van der Waals surface area (Å²) in [5.74, 6) is 0.0475. The molecule has 7 nitrogen and oxygen atoms in total. The van der Waals surface area contributed by atoms with E-state index in [9.17, 15) is 9.59 Å². The highest BCUT2D eigenvalue weighted by Crippen LogP contribution is 2.19. The minimum Gasteiger partial charge on any atom is -0.496 e. The lowest BCUT2D eigenvalue weighted by Crippen LogP contribution is -2.15. The van der Waals surface area contributed by atoms with Crippen molar-refractivity contribution in [3.63, 3.8) is 0 Å². The van der Waals surface area contributed by atoms with E-state index in [1.807, 2.05) is 30.3 Å². The quantitative estimate of drug-likeness (QED) is 0.637. The number of carbonyl (C=O) groups excluding carboxylic acids is 2. The minimum absolute atomic E-state index is 0.158. The van der Waals surface area contributed by atoms with Crippen LogP contribution < -0.4 is 10.1 Å². The number of anilines is 1. The van der Waals surface area contributed by atoms with Crippen molar-refractivity contribution in [2.45, 2.75) is 13.3 Å². The molecular weight excluding hydrogens is 358 g/mol. The summed E-state index contributed by atoms with van der Waals surface area (Å²) in [7, 11) is 1.58. The number of ether oxygens (including phenoxy) is 2. The molecule has 0 fully saturated rings. The standard InChI is InChI=1S/C21H21N3O4/c1-3-28-21(26)18-11-12-24(23-18)17-9-6-8-16(14-17)22-20(25)13-15-7-4-5-10-19(15)27-2/h4-12,14H,3,13H2,1-2H3,(H,22,25). The molecule has 144 valence electrons. The summed E-state index contributed by atoms with van der Waals surface area (Å²) < 4.78 is 11.8. The van der Waals surface area contributed by atoms with Crippen molar-refractivity contribution in [1.82, 2.24) is 9.78 Å². The van der Waals surface area contributed by atoms with Gasteiger partial charge in [-0.05, 0) is 37.3 Å². The van der Waals surface area contributed by atoms with Gasteiger partial charge in [0.2, 0.25) is 5.91 Å². The molecule has 1 amide bonds. The van der Waals surface area contributed by atoms with Gasteiger partial charge in [0.1, 0.15) is 5.75 Å². The molecule has 0 spiro atoms. The van der Waals surface area contributed by atoms with Crippen molar-refractivity contribution < 1.29 is 19.1 Å². The van der Waals surface area contributed by atoms with Crippen molar-refractivity contribution in [3.05, 3.63) is 72.1 Å². The molecule has 0 atom stereocenters. The third-order valence-electron chi connectivity index (χ3n) is 4.01. The van der Waals surface area contributed by atoms with Gasteiger partial charge >= 0.3 is 5.97 Å². The van der Waals surface area contributed by atoms with E-state index in [1.165, 1.54) is 0 Å². The molecule has 1 N–H and O–H groups in total. The van der Waals surface area contributed by atoms with Crippen molar-refractivity contribution in [1.29, 1.82) is 0 Å². The summed E-state index contributed by atoms with van der Waals surface area (Å²) >= 11 is 0. The van der Waals surface area contributed by atoms with Crippen LogP contribution in [0.2, 0.25) is 0 Å². The Kier molecular flexibility index (Phi) is 6.06. The predicted molar refractivity (Wildman–Crippen MR) is 105 cm³/mol. The number of hydrogen-bond donors (Lipinski definition) is 1. The fourth-order valence-electron chi connectivity index (χ4n) is 2.73. The van der Waals surface area contributed by atoms with Gasteiger partial charge in [0, 0.05) is 17.4 Å². The molecular formula is C21H21N3O4. The van der Waals surface area contributed by atoms with Crippen LogP contribution in [0.3, 0.4) is 0 Å². The van der Waals surface area contributed by atoms with Crippen LogP contribution in [0, 0.1) is 0 Å². The molecule has 1 aromatic heterocycles. The first-order valence-corrected chi connectivity index (χ1v) is 8.85. The Morgan fingerprint density at radius 1 is 1.11 bits per heavy atom. The largest absolute Gasteiger partial charge is 0.496 e. The third kappa shape index (κ3) is 4.56. The van der Waals surface area contributed by atoms with Crippen molar-refractivity contribution in [2.75, 3.05) is 19.0 Å². The van der Waals surface area contributed by atoms with Crippen LogP contribution in [0.1, 0.15) is 23.0 Å². The number of carbonyl (C=O) groups is 2. The molecule has 1 heterocycles. The number of aromatic nitrogens is 2. The first-order chi connectivity index (χ1) is 13.6. The molecule has 0 saturated carbocycles. The lowest BCUT2D eigenvalue weighted by Gasteiger charge is -2.10. The number of nitrogens with zero attached hydrogens (tertiary/aromatic N) is 2. The van der Waals surface area contributed by atoms with E-state index >= 15 is 0 Å². The van der Waals surface area contributed by atoms with Gasteiger partial charge in [-0.15, -0.1) is 0 Å². The Bertz CT molecular complexity index is 981. The van der Waals surface area contributed by atoms with E-state index in [-0.39, 0.29) is 18.0 Å². The normalized spacial score (nSPS) is 10.4. The van der Waals surface area contributed by atoms with Crippen molar-refractivity contribution in [3.8, 4) is 11.4 Å². The molecule has 0 aliphatic carbocycles. The maximum atomic E-state index is 12.4. The molecule has 0 aliphatic heterocycles. The van der Waals surface area contributed by atoms with Gasteiger partial charge in [0.25, 0.3) is 0 Å². The van der Waals surface area contributed by atoms with Crippen LogP contribution in [0.25, 0.3) is 5.69 Å². The zero-order valence-corrected chi connectivity index (χ0v) is 15.7. The molecule has 0 unspecified atom stereocenters. The van der Waals surface area contributed by atoms with Gasteiger partial charge in [-0.2, -0.15) is 5.10 Å². The van der Waals surface area contributed by atoms with Crippen LogP contribution in [0.5, 0.6) is 5.75 Å². The molecule has 0 aliphatic rings. The molecule has 3 aromatic rings. The van der Waals surface area contributed by atoms with E-state index in [0.29, 0.717) is 23.7 Å². The Labute approximate surface area is 162 Å². The van der Waals surface area contributed by atoms with E-state index in [0.717, 1.165) is 5.56 Å². The van der Waals surface area contributed by atoms with Crippen LogP contribution in [-0.4, -0.2) is 35.4 Å². The van der Waals surface area contributed by atoms with Gasteiger partial charge in [0.15, 0.2) is 5.69 Å². The Morgan fingerprint density at radius 2 is 1.93 bits per heavy atom. The van der Waals surface area contributed by atoms with Gasteiger partial charge < -0.3 is 14.8 Å². The fourth-order valence-corrected chi connectivity index (χ4v) is 2.73. The third-order valence-corrected chi connectivity index (χ3v) is 4.01. The van der Waals surface area contributed by atoms with Gasteiger partial charge in [0.05, 0.1) is 25.8 Å². The average Bonchev–Trinajstić information content (AvgIpc) is 3.19. The summed E-state index contributed by atoms with van der Waals surface area (Å²) in [6.07, 6.45) is 1.87. The summed E-state index contributed by atoms with van der Waals surface area (Å²) in [5, 5.41) is 7.10. The van der Waals surface area contributed by atoms with E-state index in [1.54, 1.807) is 49.2 Å². The number of esters is 1. The number of methoxy groups -OCH3 is 1. The second kappa shape index (κ2) is 8.85. The molecule has 3 rings (SSSR count). The van der Waals surface area contributed by atoms with Gasteiger partial charge in [-0.1, -0.05) is 24.3 Å².